The summed E-state index contributed by atoms with van der Waals surface area (Å²) in [6, 6.07) is 3.89. The molecule has 0 aromatic carbocycles. The first kappa shape index (κ1) is 13.4. The minimum absolute atomic E-state index is 0.0478. The number of aromatic nitrogens is 3. The number of piperazine rings is 1. The molecule has 21 heavy (non-hydrogen) atoms. The van der Waals surface area contributed by atoms with Crippen molar-refractivity contribution < 1.29 is 4.79 Å². The third-order valence-electron chi connectivity index (χ3n) is 3.53. The molecule has 1 atom stereocenters. The van der Waals surface area contributed by atoms with Gasteiger partial charge in [-0.25, -0.2) is 0 Å². The highest BCUT2D eigenvalue weighted by atomic mass is 16.2. The highest BCUT2D eigenvalue weighted by Gasteiger charge is 2.26. The molecule has 2 N–H and O–H groups in total. The molecule has 0 saturated carbocycles. The molecule has 1 fully saturated rings. The average molecular weight is 285 g/mol. The molecule has 2 aromatic rings. The van der Waals surface area contributed by atoms with E-state index in [1.165, 1.54) is 6.20 Å². The Morgan fingerprint density at radius 3 is 2.90 bits per heavy atom. The average Bonchev–Trinajstić information content (AvgIpc) is 2.56. The van der Waals surface area contributed by atoms with Crippen molar-refractivity contribution in [1.29, 1.82) is 0 Å². The highest BCUT2D eigenvalue weighted by Crippen LogP contribution is 2.17. The van der Waals surface area contributed by atoms with Crippen LogP contribution in [0, 0.1) is 0 Å². The zero-order chi connectivity index (χ0) is 14.7. The van der Waals surface area contributed by atoms with E-state index in [1.54, 1.807) is 17.3 Å². The maximum absolute atomic E-state index is 12.4. The zero-order valence-electron chi connectivity index (χ0n) is 11.3. The van der Waals surface area contributed by atoms with Crippen LogP contribution >= 0.6 is 0 Å². The summed E-state index contributed by atoms with van der Waals surface area (Å²) in [7, 11) is 0. The van der Waals surface area contributed by atoms with Crippen LogP contribution in [0.3, 0.4) is 0 Å². The predicted octanol–water partition coefficient (Wildman–Crippen LogP) is -0.0484. The van der Waals surface area contributed by atoms with Crippen molar-refractivity contribution in [3.8, 4) is 0 Å². The van der Waals surface area contributed by atoms with Gasteiger partial charge in [0.15, 0.2) is 0 Å². The van der Waals surface area contributed by atoms with Crippen LogP contribution in [0.1, 0.15) is 22.0 Å². The first-order valence-electron chi connectivity index (χ1n) is 6.71. The van der Waals surface area contributed by atoms with Gasteiger partial charge in [-0.3, -0.25) is 19.7 Å². The third-order valence-corrected chi connectivity index (χ3v) is 3.53. The Labute approximate surface area is 121 Å². The van der Waals surface area contributed by atoms with E-state index >= 15 is 0 Å². The molecule has 1 aliphatic heterocycles. The van der Waals surface area contributed by atoms with Gasteiger partial charge in [0, 0.05) is 38.2 Å². The molecule has 3 rings (SSSR count). The molecule has 1 aliphatic rings. The molecule has 2 aromatic heterocycles. The number of hydrogen-bond acceptors (Lipinski definition) is 5. The molecule has 3 heterocycles. The number of aromatic amines is 1. The second kappa shape index (κ2) is 5.84. The topological polar surface area (TPSA) is 91.0 Å². The molecule has 0 radical (unpaired) electrons. The minimum atomic E-state index is -0.363. The van der Waals surface area contributed by atoms with E-state index in [9.17, 15) is 9.59 Å². The van der Waals surface area contributed by atoms with Gasteiger partial charge in [0.25, 0.3) is 5.91 Å². The first-order chi connectivity index (χ1) is 10.3. The molecule has 1 saturated heterocycles. The second-order valence-electron chi connectivity index (χ2n) is 4.85. The molecule has 0 aliphatic carbocycles. The summed E-state index contributed by atoms with van der Waals surface area (Å²) in [5.41, 5.74) is 0.837. The van der Waals surface area contributed by atoms with Gasteiger partial charge in [-0.1, -0.05) is 0 Å². The summed E-state index contributed by atoms with van der Waals surface area (Å²) in [6.07, 6.45) is 5.93. The molecule has 1 amide bonds. The number of nitrogens with zero attached hydrogens (tertiary/aromatic N) is 3. The number of amides is 1. The van der Waals surface area contributed by atoms with Crippen molar-refractivity contribution in [1.82, 2.24) is 25.4 Å². The van der Waals surface area contributed by atoms with Crippen molar-refractivity contribution in [3.63, 3.8) is 0 Å². The molecule has 1 unspecified atom stereocenters. The number of carbonyl (C=O) groups is 1. The Hall–Kier alpha value is -2.54. The van der Waals surface area contributed by atoms with Crippen LogP contribution < -0.4 is 10.7 Å². The first-order valence-corrected chi connectivity index (χ1v) is 6.71. The Kier molecular flexibility index (Phi) is 3.74. The van der Waals surface area contributed by atoms with E-state index in [0.717, 1.165) is 11.8 Å². The maximum Gasteiger partial charge on any atom is 0.259 e. The molecule has 7 heteroatoms. The van der Waals surface area contributed by atoms with Crippen LogP contribution in [0.4, 0.5) is 0 Å². The van der Waals surface area contributed by atoms with E-state index in [0.29, 0.717) is 19.6 Å². The third kappa shape index (κ3) is 2.82. The van der Waals surface area contributed by atoms with E-state index in [4.69, 9.17) is 0 Å². The lowest BCUT2D eigenvalue weighted by Gasteiger charge is -2.33. The van der Waals surface area contributed by atoms with Crippen LogP contribution in [0.25, 0.3) is 0 Å². The number of H-pyrrole nitrogens is 1. The van der Waals surface area contributed by atoms with Gasteiger partial charge in [-0.15, -0.1) is 0 Å². The maximum atomic E-state index is 12.4. The molecule has 0 bridgehead atoms. The quantitative estimate of drug-likeness (QED) is 0.807. The van der Waals surface area contributed by atoms with Crippen molar-refractivity contribution in [3.05, 3.63) is 58.3 Å². The Balaban J connectivity index is 1.79. The monoisotopic (exact) mass is 285 g/mol. The van der Waals surface area contributed by atoms with Crippen LogP contribution in [0.2, 0.25) is 0 Å². The summed E-state index contributed by atoms with van der Waals surface area (Å²) >= 11 is 0. The van der Waals surface area contributed by atoms with Crippen molar-refractivity contribution in [2.24, 2.45) is 0 Å². The number of nitrogens with one attached hydrogen (secondary N) is 2. The van der Waals surface area contributed by atoms with E-state index in [1.807, 2.05) is 12.1 Å². The summed E-state index contributed by atoms with van der Waals surface area (Å²) in [5.74, 6) is -0.265. The van der Waals surface area contributed by atoms with Gasteiger partial charge in [-0.05, 0) is 17.7 Å². The smallest absolute Gasteiger partial charge is 0.259 e. The van der Waals surface area contributed by atoms with Crippen LogP contribution in [0.15, 0.2) is 41.7 Å². The Morgan fingerprint density at radius 2 is 2.14 bits per heavy atom. The number of hydrogen-bond donors (Lipinski definition) is 2. The van der Waals surface area contributed by atoms with Gasteiger partial charge in [0.05, 0.1) is 12.2 Å². The van der Waals surface area contributed by atoms with Crippen LogP contribution in [-0.4, -0.2) is 45.6 Å². The predicted molar refractivity (Wildman–Crippen MR) is 75.7 cm³/mol. The Bertz CT molecular complexity index is 685. The molecule has 7 nitrogen and oxygen atoms in total. The van der Waals surface area contributed by atoms with Crippen LogP contribution in [-0.2, 0) is 0 Å². The highest BCUT2D eigenvalue weighted by molar-refractivity contribution is 5.93. The zero-order valence-corrected chi connectivity index (χ0v) is 11.3. The number of carbonyl (C=O) groups excluding carboxylic acids is 1. The molecular weight excluding hydrogens is 270 g/mol. The van der Waals surface area contributed by atoms with Gasteiger partial charge in [0.1, 0.15) is 5.56 Å². The molecule has 108 valence electrons. The van der Waals surface area contributed by atoms with Crippen LogP contribution in [0.5, 0.6) is 0 Å². The SMILES string of the molecule is O=C(c1c[nH]ncc1=O)N1CCNC(c2ccncc2)C1. The summed E-state index contributed by atoms with van der Waals surface area (Å²) in [5, 5.41) is 9.52. The van der Waals surface area contributed by atoms with Gasteiger partial charge in [-0.2, -0.15) is 5.10 Å². The standard InChI is InChI=1S/C14H15N5O2/c20-13-8-18-17-7-11(13)14(21)19-6-5-16-12(9-19)10-1-3-15-4-2-10/h1-4,7-8,12,16H,5-6,9H2,(H,17,20). The lowest BCUT2D eigenvalue weighted by Crippen LogP contribution is -2.49. The fourth-order valence-corrected chi connectivity index (χ4v) is 2.43. The Morgan fingerprint density at radius 1 is 1.33 bits per heavy atom. The van der Waals surface area contributed by atoms with E-state index in [-0.39, 0.29) is 22.9 Å². The van der Waals surface area contributed by atoms with Gasteiger partial charge >= 0.3 is 0 Å². The summed E-state index contributed by atoms with van der Waals surface area (Å²) < 4.78 is 0. The lowest BCUT2D eigenvalue weighted by molar-refractivity contribution is 0.0701. The normalized spacial score (nSPS) is 18.5. The van der Waals surface area contributed by atoms with Gasteiger partial charge in [0.2, 0.25) is 5.43 Å². The second-order valence-corrected chi connectivity index (χ2v) is 4.85. The van der Waals surface area contributed by atoms with E-state index in [2.05, 4.69) is 20.5 Å². The van der Waals surface area contributed by atoms with Crippen molar-refractivity contribution in [2.45, 2.75) is 6.04 Å². The number of rotatable bonds is 2. The van der Waals surface area contributed by atoms with Crippen molar-refractivity contribution >= 4 is 5.91 Å². The van der Waals surface area contributed by atoms with E-state index < -0.39 is 0 Å². The summed E-state index contributed by atoms with van der Waals surface area (Å²) in [4.78, 5) is 29.8. The minimum Gasteiger partial charge on any atom is -0.335 e. The molecular formula is C14H15N5O2. The number of pyridine rings is 1. The van der Waals surface area contributed by atoms with Gasteiger partial charge < -0.3 is 10.2 Å². The lowest BCUT2D eigenvalue weighted by atomic mass is 10.1. The summed E-state index contributed by atoms with van der Waals surface area (Å²) in [6.45, 7) is 1.77. The van der Waals surface area contributed by atoms with Crippen molar-refractivity contribution in [2.75, 3.05) is 19.6 Å². The largest absolute Gasteiger partial charge is 0.335 e. The molecule has 0 spiro atoms. The fourth-order valence-electron chi connectivity index (χ4n) is 2.43. The fraction of sp³-hybridized carbons (Fsp3) is 0.286.